The first-order chi connectivity index (χ1) is 9.52. The maximum atomic E-state index is 11.4. The summed E-state index contributed by atoms with van der Waals surface area (Å²) in [6.45, 7) is 0.360. The number of carbonyl (C=O) groups excluding carboxylic acids is 3. The van der Waals surface area contributed by atoms with Crippen molar-refractivity contribution in [3.63, 3.8) is 0 Å². The highest BCUT2D eigenvalue weighted by Crippen LogP contribution is 2.01. The van der Waals surface area contributed by atoms with Gasteiger partial charge in [-0.05, 0) is 5.56 Å². The molecule has 0 aliphatic carbocycles. The van der Waals surface area contributed by atoms with E-state index in [0.29, 0.717) is 0 Å². The SMILES string of the molecule is CC(=O)OC(=O)[C@@H](CO)NC(=O)OCc1ccccc1. The van der Waals surface area contributed by atoms with Gasteiger partial charge in [-0.25, -0.2) is 9.59 Å². The number of esters is 2. The maximum absolute atomic E-state index is 11.4. The number of benzene rings is 1. The zero-order chi connectivity index (χ0) is 15.0. The molecule has 0 radical (unpaired) electrons. The van der Waals surface area contributed by atoms with Crippen LogP contribution in [0.3, 0.4) is 0 Å². The number of hydrogen-bond acceptors (Lipinski definition) is 6. The van der Waals surface area contributed by atoms with Crippen LogP contribution in [0.15, 0.2) is 30.3 Å². The minimum absolute atomic E-state index is 0.0204. The summed E-state index contributed by atoms with van der Waals surface area (Å²) in [6, 6.07) is 7.58. The van der Waals surface area contributed by atoms with Gasteiger partial charge in [0.2, 0.25) is 0 Å². The first-order valence-corrected chi connectivity index (χ1v) is 5.83. The van der Waals surface area contributed by atoms with Gasteiger partial charge in [-0.3, -0.25) is 4.79 Å². The van der Waals surface area contributed by atoms with Gasteiger partial charge < -0.3 is 19.9 Å². The Hall–Kier alpha value is -2.41. The van der Waals surface area contributed by atoms with E-state index in [2.05, 4.69) is 10.1 Å². The monoisotopic (exact) mass is 281 g/mol. The molecule has 0 saturated heterocycles. The summed E-state index contributed by atoms with van der Waals surface area (Å²) in [7, 11) is 0. The summed E-state index contributed by atoms with van der Waals surface area (Å²) >= 11 is 0. The van der Waals surface area contributed by atoms with Gasteiger partial charge >= 0.3 is 18.0 Å². The van der Waals surface area contributed by atoms with Crippen LogP contribution < -0.4 is 5.32 Å². The van der Waals surface area contributed by atoms with Crippen molar-refractivity contribution in [1.29, 1.82) is 0 Å². The predicted molar refractivity (Wildman–Crippen MR) is 67.4 cm³/mol. The van der Waals surface area contributed by atoms with E-state index in [1.807, 2.05) is 6.07 Å². The number of aliphatic hydroxyl groups is 1. The lowest BCUT2D eigenvalue weighted by molar-refractivity contribution is -0.160. The van der Waals surface area contributed by atoms with E-state index in [9.17, 15) is 14.4 Å². The first-order valence-electron chi connectivity index (χ1n) is 5.83. The van der Waals surface area contributed by atoms with Gasteiger partial charge in [0, 0.05) is 6.92 Å². The van der Waals surface area contributed by atoms with Crippen LogP contribution in [0.2, 0.25) is 0 Å². The Bertz CT molecular complexity index is 473. The van der Waals surface area contributed by atoms with Crippen molar-refractivity contribution in [3.05, 3.63) is 35.9 Å². The minimum atomic E-state index is -1.35. The zero-order valence-electron chi connectivity index (χ0n) is 10.9. The molecule has 1 atom stereocenters. The van der Waals surface area contributed by atoms with Crippen LogP contribution in [0.25, 0.3) is 0 Å². The van der Waals surface area contributed by atoms with Crippen LogP contribution in [0.1, 0.15) is 12.5 Å². The molecular formula is C13H15NO6. The van der Waals surface area contributed by atoms with Crippen molar-refractivity contribution >= 4 is 18.0 Å². The molecular weight excluding hydrogens is 266 g/mol. The molecule has 7 heteroatoms. The Morgan fingerprint density at radius 2 is 1.90 bits per heavy atom. The van der Waals surface area contributed by atoms with Gasteiger partial charge in [0.15, 0.2) is 6.04 Å². The number of amides is 1. The lowest BCUT2D eigenvalue weighted by atomic mass is 10.2. The summed E-state index contributed by atoms with van der Waals surface area (Å²) in [5.41, 5.74) is 0.773. The predicted octanol–water partition coefficient (Wildman–Crippen LogP) is 0.363. The largest absolute Gasteiger partial charge is 0.445 e. The molecule has 1 aromatic carbocycles. The van der Waals surface area contributed by atoms with Crippen molar-refractivity contribution in [2.24, 2.45) is 0 Å². The number of ether oxygens (including phenoxy) is 2. The number of rotatable bonds is 5. The standard InChI is InChI=1S/C13H15NO6/c1-9(16)20-12(17)11(7-15)14-13(18)19-8-10-5-3-2-4-6-10/h2-6,11,15H,7-8H2,1H3,(H,14,18)/t11-/m1/s1. The Morgan fingerprint density at radius 3 is 2.45 bits per heavy atom. The quantitative estimate of drug-likeness (QED) is 0.597. The molecule has 0 fully saturated rings. The van der Waals surface area contributed by atoms with Crippen LogP contribution in [-0.4, -0.2) is 35.8 Å². The summed E-state index contributed by atoms with van der Waals surface area (Å²) < 4.78 is 9.12. The molecule has 0 unspecified atom stereocenters. The molecule has 0 aliphatic heterocycles. The second-order valence-corrected chi connectivity index (χ2v) is 3.85. The van der Waals surface area contributed by atoms with E-state index in [4.69, 9.17) is 9.84 Å². The fourth-order valence-electron chi connectivity index (χ4n) is 1.30. The van der Waals surface area contributed by atoms with E-state index in [0.717, 1.165) is 12.5 Å². The molecule has 108 valence electrons. The van der Waals surface area contributed by atoms with Gasteiger partial charge in [0.1, 0.15) is 6.61 Å². The van der Waals surface area contributed by atoms with E-state index >= 15 is 0 Å². The van der Waals surface area contributed by atoms with Crippen molar-refractivity contribution < 1.29 is 29.0 Å². The van der Waals surface area contributed by atoms with Crippen LogP contribution >= 0.6 is 0 Å². The van der Waals surface area contributed by atoms with Gasteiger partial charge in [-0.1, -0.05) is 30.3 Å². The third-order valence-corrected chi connectivity index (χ3v) is 2.22. The Morgan fingerprint density at radius 1 is 1.25 bits per heavy atom. The average Bonchev–Trinajstić information content (AvgIpc) is 2.42. The normalized spacial score (nSPS) is 11.3. The van der Waals surface area contributed by atoms with Gasteiger partial charge in [0.25, 0.3) is 0 Å². The summed E-state index contributed by atoms with van der Waals surface area (Å²) in [5, 5.41) is 11.1. The van der Waals surface area contributed by atoms with E-state index in [-0.39, 0.29) is 6.61 Å². The molecule has 20 heavy (non-hydrogen) atoms. The maximum Gasteiger partial charge on any atom is 0.408 e. The lowest BCUT2D eigenvalue weighted by Gasteiger charge is -2.14. The second kappa shape index (κ2) is 7.90. The number of aliphatic hydroxyl groups excluding tert-OH is 1. The third-order valence-electron chi connectivity index (χ3n) is 2.22. The fraction of sp³-hybridized carbons (Fsp3) is 0.308. The second-order valence-electron chi connectivity index (χ2n) is 3.85. The molecule has 0 aromatic heterocycles. The first kappa shape index (κ1) is 15.6. The molecule has 0 heterocycles. The van der Waals surface area contributed by atoms with Crippen LogP contribution in [0, 0.1) is 0 Å². The highest BCUT2D eigenvalue weighted by atomic mass is 16.6. The summed E-state index contributed by atoms with van der Waals surface area (Å²) in [4.78, 5) is 33.4. The lowest BCUT2D eigenvalue weighted by Crippen LogP contribution is -2.45. The number of carbonyl (C=O) groups is 3. The smallest absolute Gasteiger partial charge is 0.408 e. The van der Waals surface area contributed by atoms with Crippen molar-refractivity contribution in [2.75, 3.05) is 6.61 Å². The Kier molecular flexibility index (Phi) is 6.18. The highest BCUT2D eigenvalue weighted by Gasteiger charge is 2.23. The highest BCUT2D eigenvalue weighted by molar-refractivity contribution is 5.89. The van der Waals surface area contributed by atoms with Crippen molar-refractivity contribution in [2.45, 2.75) is 19.6 Å². The molecule has 2 N–H and O–H groups in total. The summed E-state index contributed by atoms with van der Waals surface area (Å²) in [5.74, 6) is -1.87. The van der Waals surface area contributed by atoms with Crippen LogP contribution in [-0.2, 0) is 25.7 Å². The van der Waals surface area contributed by atoms with Crippen LogP contribution in [0.4, 0.5) is 4.79 Å². The molecule has 7 nitrogen and oxygen atoms in total. The number of alkyl carbamates (subject to hydrolysis) is 1. The number of nitrogens with one attached hydrogen (secondary N) is 1. The number of hydrogen-bond donors (Lipinski definition) is 2. The van der Waals surface area contributed by atoms with Gasteiger partial charge in [-0.15, -0.1) is 0 Å². The molecule has 1 rings (SSSR count). The molecule has 0 bridgehead atoms. The summed E-state index contributed by atoms with van der Waals surface area (Å²) in [6.07, 6.45) is -0.895. The topological polar surface area (TPSA) is 102 Å². The molecule has 0 spiro atoms. The Labute approximate surface area is 115 Å². The third kappa shape index (κ3) is 5.49. The Balaban J connectivity index is 2.43. The molecule has 0 aliphatic rings. The van der Waals surface area contributed by atoms with Crippen LogP contribution in [0.5, 0.6) is 0 Å². The fourth-order valence-corrected chi connectivity index (χ4v) is 1.30. The molecule has 1 aromatic rings. The average molecular weight is 281 g/mol. The zero-order valence-corrected chi connectivity index (χ0v) is 10.9. The van der Waals surface area contributed by atoms with Gasteiger partial charge in [0.05, 0.1) is 6.61 Å². The van der Waals surface area contributed by atoms with Crippen molar-refractivity contribution in [3.8, 4) is 0 Å². The van der Waals surface area contributed by atoms with E-state index in [1.165, 1.54) is 0 Å². The van der Waals surface area contributed by atoms with Gasteiger partial charge in [-0.2, -0.15) is 0 Å². The molecule has 1 amide bonds. The van der Waals surface area contributed by atoms with Crippen molar-refractivity contribution in [1.82, 2.24) is 5.32 Å². The molecule has 0 saturated carbocycles. The minimum Gasteiger partial charge on any atom is -0.445 e. The van der Waals surface area contributed by atoms with E-state index < -0.39 is 30.7 Å². The van der Waals surface area contributed by atoms with E-state index in [1.54, 1.807) is 24.3 Å².